The number of carbonyl (C=O) groups excluding carboxylic acids is 1. The van der Waals surface area contributed by atoms with Crippen LogP contribution in [0.15, 0.2) is 24.3 Å². The van der Waals surface area contributed by atoms with Crippen LogP contribution in [0.2, 0.25) is 18.1 Å². The van der Waals surface area contributed by atoms with Crippen LogP contribution in [0.4, 0.5) is 0 Å². The Labute approximate surface area is 180 Å². The van der Waals surface area contributed by atoms with Gasteiger partial charge in [-0.15, -0.1) is 0 Å². The Morgan fingerprint density at radius 2 is 1.87 bits per heavy atom. The summed E-state index contributed by atoms with van der Waals surface area (Å²) in [5, 5.41) is 11.1. The number of hydrogen-bond acceptors (Lipinski definition) is 7. The molecule has 1 heterocycles. The molecule has 1 unspecified atom stereocenters. The van der Waals surface area contributed by atoms with Crippen molar-refractivity contribution in [3.8, 4) is 5.75 Å². The van der Waals surface area contributed by atoms with Gasteiger partial charge >= 0.3 is 5.97 Å². The van der Waals surface area contributed by atoms with Crippen LogP contribution in [0, 0.1) is 0 Å². The largest absolute Gasteiger partial charge is 0.497 e. The average molecular weight is 441 g/mol. The van der Waals surface area contributed by atoms with E-state index in [4.69, 9.17) is 23.4 Å². The fourth-order valence-corrected chi connectivity index (χ4v) is 4.44. The Morgan fingerprint density at radius 1 is 1.23 bits per heavy atom. The molecule has 0 radical (unpaired) electrons. The van der Waals surface area contributed by atoms with E-state index in [1.807, 2.05) is 24.3 Å². The van der Waals surface area contributed by atoms with Gasteiger partial charge in [0.1, 0.15) is 17.5 Å². The molecule has 1 aliphatic heterocycles. The molecule has 30 heavy (non-hydrogen) atoms. The van der Waals surface area contributed by atoms with Gasteiger partial charge < -0.3 is 28.5 Å². The lowest BCUT2D eigenvalue weighted by molar-refractivity contribution is -0.159. The first-order valence-electron chi connectivity index (χ1n) is 10.2. The lowest BCUT2D eigenvalue weighted by Crippen LogP contribution is -2.52. The summed E-state index contributed by atoms with van der Waals surface area (Å²) in [6, 6.07) is 7.52. The number of carbonyl (C=O) groups is 1. The topological polar surface area (TPSA) is 83.5 Å². The Hall–Kier alpha value is -1.45. The second-order valence-corrected chi connectivity index (χ2v) is 14.1. The lowest BCUT2D eigenvalue weighted by Gasteiger charge is -2.39. The Balaban J connectivity index is 2.09. The van der Waals surface area contributed by atoms with Gasteiger partial charge in [-0.1, -0.05) is 32.9 Å². The predicted molar refractivity (Wildman–Crippen MR) is 116 cm³/mol. The number of esters is 1. The fraction of sp³-hybridized carbons (Fsp3) is 0.682. The summed E-state index contributed by atoms with van der Waals surface area (Å²) in [5.74, 6) is 0.302. The average Bonchev–Trinajstić information content (AvgIpc) is 2.97. The second-order valence-electron chi connectivity index (χ2n) is 9.33. The van der Waals surface area contributed by atoms with E-state index in [1.54, 1.807) is 7.11 Å². The number of methoxy groups -OCH3 is 2. The highest BCUT2D eigenvalue weighted by Gasteiger charge is 2.54. The Bertz CT molecular complexity index is 698. The van der Waals surface area contributed by atoms with Crippen molar-refractivity contribution < 1.29 is 33.3 Å². The summed E-state index contributed by atoms with van der Waals surface area (Å²) in [4.78, 5) is 12.1. The third kappa shape index (κ3) is 5.82. The minimum absolute atomic E-state index is 0.00874. The van der Waals surface area contributed by atoms with Crippen LogP contribution in [-0.4, -0.2) is 64.6 Å². The molecule has 7 nitrogen and oxygen atoms in total. The van der Waals surface area contributed by atoms with Crippen LogP contribution in [0.5, 0.6) is 5.75 Å². The number of aliphatic hydroxyl groups is 1. The molecule has 0 amide bonds. The maximum absolute atomic E-state index is 12.1. The molecule has 1 saturated heterocycles. The Kier molecular flexibility index (Phi) is 8.09. The number of hydrogen-bond donors (Lipinski definition) is 1. The van der Waals surface area contributed by atoms with Gasteiger partial charge in [-0.3, -0.25) is 4.79 Å². The molecule has 1 fully saturated rings. The summed E-state index contributed by atoms with van der Waals surface area (Å²) < 4.78 is 28.2. The third-order valence-electron chi connectivity index (χ3n) is 6.12. The van der Waals surface area contributed by atoms with Crippen molar-refractivity contribution in [2.75, 3.05) is 27.4 Å². The van der Waals surface area contributed by atoms with E-state index in [9.17, 15) is 9.90 Å². The highest BCUT2D eigenvalue weighted by atomic mass is 28.4. The number of rotatable bonds is 9. The summed E-state index contributed by atoms with van der Waals surface area (Å²) in [6.07, 6.45) is -1.62. The molecule has 1 N–H and O–H groups in total. The maximum atomic E-state index is 12.1. The van der Waals surface area contributed by atoms with E-state index in [0.29, 0.717) is 6.61 Å². The van der Waals surface area contributed by atoms with Gasteiger partial charge in [0.2, 0.25) is 0 Å². The van der Waals surface area contributed by atoms with E-state index in [1.165, 1.54) is 7.11 Å². The van der Waals surface area contributed by atoms with Crippen LogP contribution in [-0.2, 0) is 30.0 Å². The SMILES string of the molecule is COC(=O)C[C@]1(COCc2ccc(OC)cc2)OC[C@@H](O[Si](C)(C)C(C)(C)C)C1O. The molecule has 170 valence electrons. The molecular formula is C22H36O7Si. The highest BCUT2D eigenvalue weighted by molar-refractivity contribution is 6.74. The first kappa shape index (κ1) is 24.8. The van der Waals surface area contributed by atoms with Crippen molar-refractivity contribution in [3.05, 3.63) is 29.8 Å². The van der Waals surface area contributed by atoms with Crippen molar-refractivity contribution in [1.82, 2.24) is 0 Å². The number of benzene rings is 1. The van der Waals surface area contributed by atoms with Crippen LogP contribution in [0.1, 0.15) is 32.8 Å². The predicted octanol–water partition coefficient (Wildman–Crippen LogP) is 3.30. The fourth-order valence-electron chi connectivity index (χ4n) is 3.13. The summed E-state index contributed by atoms with van der Waals surface area (Å²) in [7, 11) is 0.809. The monoisotopic (exact) mass is 440 g/mol. The van der Waals surface area contributed by atoms with E-state index in [0.717, 1.165) is 11.3 Å². The van der Waals surface area contributed by atoms with E-state index >= 15 is 0 Å². The van der Waals surface area contributed by atoms with Gasteiger partial charge in [0.15, 0.2) is 8.32 Å². The number of aliphatic hydroxyl groups excluding tert-OH is 1. The molecule has 2 rings (SSSR count). The molecule has 1 aromatic rings. The lowest BCUT2D eigenvalue weighted by atomic mass is 9.92. The molecule has 1 aliphatic rings. The smallest absolute Gasteiger partial charge is 0.308 e. The van der Waals surface area contributed by atoms with E-state index < -0.39 is 32.1 Å². The Morgan fingerprint density at radius 3 is 2.40 bits per heavy atom. The molecule has 1 aromatic carbocycles. The number of ether oxygens (including phenoxy) is 4. The van der Waals surface area contributed by atoms with Crippen molar-refractivity contribution >= 4 is 14.3 Å². The van der Waals surface area contributed by atoms with Gasteiger partial charge in [0, 0.05) is 0 Å². The zero-order valence-electron chi connectivity index (χ0n) is 19.2. The van der Waals surface area contributed by atoms with Crippen molar-refractivity contribution in [3.63, 3.8) is 0 Å². The highest BCUT2D eigenvalue weighted by Crippen LogP contribution is 2.41. The van der Waals surface area contributed by atoms with Crippen LogP contribution >= 0.6 is 0 Å². The summed E-state index contributed by atoms with van der Waals surface area (Å²) in [6.45, 7) is 11.2. The first-order chi connectivity index (χ1) is 13.9. The maximum Gasteiger partial charge on any atom is 0.308 e. The third-order valence-corrected chi connectivity index (χ3v) is 10.6. The van der Waals surface area contributed by atoms with Gasteiger partial charge in [0.05, 0.1) is 46.6 Å². The van der Waals surface area contributed by atoms with Crippen LogP contribution in [0.3, 0.4) is 0 Å². The van der Waals surface area contributed by atoms with Gasteiger partial charge in [0.25, 0.3) is 0 Å². The molecular weight excluding hydrogens is 404 g/mol. The minimum Gasteiger partial charge on any atom is -0.497 e. The standard InChI is InChI=1S/C22H36O7Si/c1-21(2,3)30(6,7)29-18-14-28-22(20(18)24,12-19(23)26-5)15-27-13-16-8-10-17(25-4)11-9-16/h8-11,18,20,24H,12-15H2,1-7H3/t18-,20?,22-/m1/s1. The van der Waals surface area contributed by atoms with Gasteiger partial charge in [-0.25, -0.2) is 0 Å². The van der Waals surface area contributed by atoms with Crippen molar-refractivity contribution in [1.29, 1.82) is 0 Å². The molecule has 0 aliphatic carbocycles. The zero-order valence-corrected chi connectivity index (χ0v) is 20.2. The van der Waals surface area contributed by atoms with Crippen LogP contribution < -0.4 is 4.74 Å². The van der Waals surface area contributed by atoms with Gasteiger partial charge in [-0.2, -0.15) is 0 Å². The van der Waals surface area contributed by atoms with Gasteiger partial charge in [-0.05, 0) is 35.8 Å². The van der Waals surface area contributed by atoms with Crippen molar-refractivity contribution in [2.24, 2.45) is 0 Å². The van der Waals surface area contributed by atoms with Crippen molar-refractivity contribution in [2.45, 2.75) is 69.7 Å². The molecule has 3 atom stereocenters. The molecule has 8 heteroatoms. The molecule has 0 bridgehead atoms. The molecule has 0 spiro atoms. The van der Waals surface area contributed by atoms with E-state index in [2.05, 4.69) is 33.9 Å². The minimum atomic E-state index is -2.12. The summed E-state index contributed by atoms with van der Waals surface area (Å²) >= 11 is 0. The normalized spacial score (nSPS) is 24.7. The molecule has 0 aromatic heterocycles. The second kappa shape index (κ2) is 9.78. The summed E-state index contributed by atoms with van der Waals surface area (Å²) in [5.41, 5.74) is -0.252. The van der Waals surface area contributed by atoms with Crippen LogP contribution in [0.25, 0.3) is 0 Å². The quantitative estimate of drug-likeness (QED) is 0.466. The zero-order chi connectivity index (χ0) is 22.6. The molecule has 0 saturated carbocycles. The van der Waals surface area contributed by atoms with E-state index in [-0.39, 0.29) is 24.7 Å². The first-order valence-corrected chi connectivity index (χ1v) is 13.1.